The molecule has 0 radical (unpaired) electrons. The maximum absolute atomic E-state index is 9.28. The molecule has 0 bridgehead atoms. The fourth-order valence-corrected chi connectivity index (χ4v) is 3.25. The molecule has 2 heterocycles. The van der Waals surface area contributed by atoms with Gasteiger partial charge < -0.3 is 20.5 Å². The van der Waals surface area contributed by atoms with Crippen molar-refractivity contribution in [2.45, 2.75) is 33.2 Å². The van der Waals surface area contributed by atoms with Crippen molar-refractivity contribution in [3.63, 3.8) is 0 Å². The number of hydrogen-bond acceptors (Lipinski definition) is 5. The summed E-state index contributed by atoms with van der Waals surface area (Å²) in [5.74, 6) is 0.805. The Balaban J connectivity index is 0.00000264. The summed E-state index contributed by atoms with van der Waals surface area (Å²) in [6.07, 6.45) is 1.74. The van der Waals surface area contributed by atoms with Crippen molar-refractivity contribution in [3.05, 3.63) is 16.1 Å². The minimum Gasteiger partial charge on any atom is -0.396 e. The molecule has 3 N–H and O–H groups in total. The normalized spacial score (nSPS) is 21.1. The Morgan fingerprint density at radius 1 is 1.52 bits per heavy atom. The van der Waals surface area contributed by atoms with Gasteiger partial charge >= 0.3 is 0 Å². The van der Waals surface area contributed by atoms with Crippen molar-refractivity contribution in [3.8, 4) is 0 Å². The van der Waals surface area contributed by atoms with Crippen LogP contribution >= 0.6 is 35.3 Å². The van der Waals surface area contributed by atoms with Gasteiger partial charge in [0.1, 0.15) is 0 Å². The Bertz CT molecular complexity index is 490. The van der Waals surface area contributed by atoms with Crippen molar-refractivity contribution < 1.29 is 9.84 Å². The quantitative estimate of drug-likeness (QED) is 0.333. The van der Waals surface area contributed by atoms with E-state index >= 15 is 0 Å². The molecule has 6 nitrogen and oxygen atoms in total. The monoisotopic (exact) mass is 454 g/mol. The first-order chi connectivity index (χ1) is 10.7. The van der Waals surface area contributed by atoms with Gasteiger partial charge in [0, 0.05) is 36.6 Å². The second-order valence-electron chi connectivity index (χ2n) is 5.69. The highest BCUT2D eigenvalue weighted by Gasteiger charge is 2.34. The van der Waals surface area contributed by atoms with E-state index < -0.39 is 0 Å². The van der Waals surface area contributed by atoms with Gasteiger partial charge in [-0.1, -0.05) is 0 Å². The first kappa shape index (κ1) is 20.6. The van der Waals surface area contributed by atoms with E-state index in [1.165, 1.54) is 4.88 Å². The van der Waals surface area contributed by atoms with E-state index in [1.54, 1.807) is 11.3 Å². The van der Waals surface area contributed by atoms with Crippen molar-refractivity contribution >= 4 is 41.3 Å². The fourth-order valence-electron chi connectivity index (χ4n) is 2.55. The van der Waals surface area contributed by atoms with Gasteiger partial charge in [0.05, 0.1) is 24.4 Å². The van der Waals surface area contributed by atoms with Crippen LogP contribution in [0.1, 0.15) is 30.3 Å². The van der Waals surface area contributed by atoms with Crippen LogP contribution in [0, 0.1) is 12.3 Å². The summed E-state index contributed by atoms with van der Waals surface area (Å²) in [4.78, 5) is 10.1. The Labute approximate surface area is 159 Å². The molecule has 0 saturated carbocycles. The number of thiazole rings is 1. The minimum absolute atomic E-state index is 0. The summed E-state index contributed by atoms with van der Waals surface area (Å²) in [5, 5.41) is 16.0. The number of rotatable bonds is 7. The summed E-state index contributed by atoms with van der Waals surface area (Å²) < 4.78 is 5.52. The molecule has 1 aliphatic heterocycles. The second kappa shape index (κ2) is 10.4. The van der Waals surface area contributed by atoms with Crippen molar-refractivity contribution in [1.29, 1.82) is 0 Å². The van der Waals surface area contributed by atoms with Crippen LogP contribution in [-0.2, 0) is 11.3 Å². The van der Waals surface area contributed by atoms with Crippen LogP contribution in [-0.4, -0.2) is 49.0 Å². The van der Waals surface area contributed by atoms with Crippen LogP contribution in [0.2, 0.25) is 0 Å². The molecule has 1 unspecified atom stereocenters. The zero-order valence-electron chi connectivity index (χ0n) is 13.8. The van der Waals surface area contributed by atoms with Gasteiger partial charge in [-0.2, -0.15) is 0 Å². The first-order valence-corrected chi connectivity index (χ1v) is 8.67. The lowest BCUT2D eigenvalue weighted by molar-refractivity contribution is 0.127. The lowest BCUT2D eigenvalue weighted by Gasteiger charge is -2.27. The molecule has 0 aliphatic carbocycles. The molecule has 132 valence electrons. The SMILES string of the molecule is CCNC(=NCc1scnc1C)NCC1(CCO)CCOC1.I. The van der Waals surface area contributed by atoms with Crippen molar-refractivity contribution in [1.82, 2.24) is 15.6 Å². The maximum Gasteiger partial charge on any atom is 0.191 e. The van der Waals surface area contributed by atoms with Gasteiger partial charge in [0.15, 0.2) is 5.96 Å². The Kier molecular flexibility index (Phi) is 9.33. The molecule has 0 amide bonds. The molecule has 1 atom stereocenters. The van der Waals surface area contributed by atoms with Gasteiger partial charge in [-0.15, -0.1) is 35.3 Å². The lowest BCUT2D eigenvalue weighted by Crippen LogP contribution is -2.44. The molecule has 0 spiro atoms. The third-order valence-electron chi connectivity index (χ3n) is 4.03. The van der Waals surface area contributed by atoms with E-state index in [0.717, 1.165) is 44.2 Å². The van der Waals surface area contributed by atoms with E-state index in [2.05, 4.69) is 27.5 Å². The largest absolute Gasteiger partial charge is 0.396 e. The van der Waals surface area contributed by atoms with Gasteiger partial charge in [0.25, 0.3) is 0 Å². The number of ether oxygens (including phenoxy) is 1. The number of halogens is 1. The average molecular weight is 454 g/mol. The highest BCUT2D eigenvalue weighted by Crippen LogP contribution is 2.31. The van der Waals surface area contributed by atoms with Crippen molar-refractivity contribution in [2.24, 2.45) is 10.4 Å². The van der Waals surface area contributed by atoms with Crippen molar-refractivity contribution in [2.75, 3.05) is 32.9 Å². The summed E-state index contributed by atoms with van der Waals surface area (Å²) in [6.45, 7) is 7.95. The lowest BCUT2D eigenvalue weighted by atomic mass is 9.84. The summed E-state index contributed by atoms with van der Waals surface area (Å²) in [5.41, 5.74) is 2.92. The molecule has 23 heavy (non-hydrogen) atoms. The minimum atomic E-state index is 0. The standard InChI is InChI=1S/C15H26N4O2S.HI/c1-3-16-14(17-8-13-12(2)19-11-22-13)18-9-15(4-6-20)5-7-21-10-15;/h11,20H,3-10H2,1-2H3,(H2,16,17,18);1H. The van der Waals surface area contributed by atoms with Gasteiger partial charge in [-0.05, 0) is 26.7 Å². The highest BCUT2D eigenvalue weighted by molar-refractivity contribution is 14.0. The van der Waals surface area contributed by atoms with Gasteiger partial charge in [-0.3, -0.25) is 0 Å². The summed E-state index contributed by atoms with van der Waals surface area (Å²) in [7, 11) is 0. The molecular weight excluding hydrogens is 427 g/mol. The second-order valence-corrected chi connectivity index (χ2v) is 6.63. The van der Waals surface area contributed by atoms with Crippen LogP contribution in [0.25, 0.3) is 0 Å². The predicted molar refractivity (Wildman–Crippen MR) is 105 cm³/mol. The molecule has 2 rings (SSSR count). The molecule has 1 aliphatic rings. The van der Waals surface area contributed by atoms with Crippen LogP contribution in [0.4, 0.5) is 0 Å². The van der Waals surface area contributed by atoms with Crippen LogP contribution in [0.15, 0.2) is 10.5 Å². The number of hydrogen-bond donors (Lipinski definition) is 3. The molecular formula is C15H27IN4O2S. The smallest absolute Gasteiger partial charge is 0.191 e. The van der Waals surface area contributed by atoms with Crippen LogP contribution in [0.3, 0.4) is 0 Å². The number of aromatic nitrogens is 1. The van der Waals surface area contributed by atoms with Crippen LogP contribution in [0.5, 0.6) is 0 Å². The van der Waals surface area contributed by atoms with E-state index in [-0.39, 0.29) is 36.0 Å². The van der Waals surface area contributed by atoms with E-state index in [9.17, 15) is 5.11 Å². The predicted octanol–water partition coefficient (Wildman–Crippen LogP) is 1.91. The number of aliphatic imine (C=N–C) groups is 1. The average Bonchev–Trinajstić information content (AvgIpc) is 3.12. The number of aliphatic hydroxyl groups excluding tert-OH is 1. The van der Waals surface area contributed by atoms with E-state index in [4.69, 9.17) is 4.74 Å². The molecule has 1 saturated heterocycles. The summed E-state index contributed by atoms with van der Waals surface area (Å²) in [6, 6.07) is 0. The zero-order valence-corrected chi connectivity index (χ0v) is 16.9. The van der Waals surface area contributed by atoms with E-state index in [0.29, 0.717) is 13.2 Å². The fraction of sp³-hybridized carbons (Fsp3) is 0.733. The Morgan fingerprint density at radius 2 is 2.35 bits per heavy atom. The molecule has 8 heteroatoms. The Morgan fingerprint density at radius 3 is 2.91 bits per heavy atom. The van der Waals surface area contributed by atoms with E-state index in [1.807, 2.05) is 12.4 Å². The van der Waals surface area contributed by atoms with Gasteiger partial charge in [-0.25, -0.2) is 9.98 Å². The number of aliphatic hydroxyl groups is 1. The Hall–Kier alpha value is -0.450. The molecule has 1 aromatic heterocycles. The topological polar surface area (TPSA) is 78.8 Å². The molecule has 1 aromatic rings. The summed E-state index contributed by atoms with van der Waals surface area (Å²) >= 11 is 1.63. The third kappa shape index (κ3) is 6.17. The number of nitrogens with one attached hydrogen (secondary N) is 2. The highest BCUT2D eigenvalue weighted by atomic mass is 127. The third-order valence-corrected chi connectivity index (χ3v) is 4.95. The zero-order chi connectivity index (χ0) is 15.8. The van der Waals surface area contributed by atoms with Gasteiger partial charge in [0.2, 0.25) is 0 Å². The first-order valence-electron chi connectivity index (χ1n) is 7.79. The molecule has 1 fully saturated rings. The maximum atomic E-state index is 9.28. The number of aryl methyl sites for hydroxylation is 1. The van der Waals surface area contributed by atoms with Crippen LogP contribution < -0.4 is 10.6 Å². The molecule has 0 aromatic carbocycles. The number of guanidine groups is 1. The number of nitrogens with zero attached hydrogens (tertiary/aromatic N) is 2.